The van der Waals surface area contributed by atoms with Crippen LogP contribution in [0.15, 0.2) is 16.6 Å². The minimum atomic E-state index is -0.556. The fourth-order valence-corrected chi connectivity index (χ4v) is 1.74. The standard InChI is InChI=1S/C9H5BrClNO2/c1-14-9(13)5-2-3-7(10)6(4-12)8(5)11/h2-3H,1H3. The molecule has 0 aliphatic rings. The summed E-state index contributed by atoms with van der Waals surface area (Å²) in [6.45, 7) is 0. The molecule has 5 heteroatoms. The number of hydrogen-bond donors (Lipinski definition) is 0. The third-order valence-electron chi connectivity index (χ3n) is 1.61. The average Bonchev–Trinajstić information content (AvgIpc) is 2.18. The first-order chi connectivity index (χ1) is 6.61. The molecule has 1 aromatic carbocycles. The number of esters is 1. The van der Waals surface area contributed by atoms with Gasteiger partial charge in [-0.1, -0.05) is 11.6 Å². The van der Waals surface area contributed by atoms with Crippen molar-refractivity contribution in [1.29, 1.82) is 5.26 Å². The molecule has 0 aliphatic heterocycles. The Labute approximate surface area is 94.4 Å². The van der Waals surface area contributed by atoms with E-state index in [1.54, 1.807) is 6.07 Å². The summed E-state index contributed by atoms with van der Waals surface area (Å²) in [6, 6.07) is 4.98. The first-order valence-corrected chi connectivity index (χ1v) is 4.75. The molecule has 0 bridgehead atoms. The van der Waals surface area contributed by atoms with Crippen molar-refractivity contribution in [3.05, 3.63) is 32.8 Å². The van der Waals surface area contributed by atoms with Gasteiger partial charge in [0.05, 0.1) is 23.3 Å². The second-order valence-electron chi connectivity index (χ2n) is 2.39. The topological polar surface area (TPSA) is 50.1 Å². The first kappa shape index (κ1) is 11.0. The van der Waals surface area contributed by atoms with Gasteiger partial charge in [0.25, 0.3) is 0 Å². The molecule has 0 saturated carbocycles. The Hall–Kier alpha value is -1.05. The van der Waals surface area contributed by atoms with Gasteiger partial charge in [-0.15, -0.1) is 0 Å². The van der Waals surface area contributed by atoms with E-state index in [2.05, 4.69) is 20.7 Å². The predicted octanol–water partition coefficient (Wildman–Crippen LogP) is 2.76. The monoisotopic (exact) mass is 273 g/mol. The Bertz CT molecular complexity index is 426. The van der Waals surface area contributed by atoms with Crippen molar-refractivity contribution in [3.8, 4) is 6.07 Å². The van der Waals surface area contributed by atoms with Gasteiger partial charge in [-0.25, -0.2) is 4.79 Å². The highest BCUT2D eigenvalue weighted by Gasteiger charge is 2.15. The van der Waals surface area contributed by atoms with Crippen LogP contribution in [0.2, 0.25) is 5.02 Å². The summed E-state index contributed by atoms with van der Waals surface area (Å²) in [4.78, 5) is 11.2. The molecule has 14 heavy (non-hydrogen) atoms. The number of nitrogens with zero attached hydrogens (tertiary/aromatic N) is 1. The van der Waals surface area contributed by atoms with Gasteiger partial charge in [-0.3, -0.25) is 0 Å². The first-order valence-electron chi connectivity index (χ1n) is 3.58. The molecule has 0 saturated heterocycles. The lowest BCUT2D eigenvalue weighted by Crippen LogP contribution is -2.03. The van der Waals surface area contributed by atoms with Gasteiger partial charge >= 0.3 is 5.97 Å². The molecule has 0 N–H and O–H groups in total. The van der Waals surface area contributed by atoms with Gasteiger partial charge in [0.2, 0.25) is 0 Å². The zero-order chi connectivity index (χ0) is 10.7. The molecule has 0 aromatic heterocycles. The summed E-state index contributed by atoms with van der Waals surface area (Å²) in [7, 11) is 1.26. The highest BCUT2D eigenvalue weighted by Crippen LogP contribution is 2.27. The smallest absolute Gasteiger partial charge is 0.339 e. The lowest BCUT2D eigenvalue weighted by molar-refractivity contribution is 0.0601. The molecule has 0 unspecified atom stereocenters. The maximum atomic E-state index is 11.2. The molecule has 0 heterocycles. The van der Waals surface area contributed by atoms with Crippen LogP contribution in [0.3, 0.4) is 0 Å². The average molecular weight is 275 g/mol. The Morgan fingerprint density at radius 1 is 1.64 bits per heavy atom. The van der Waals surface area contributed by atoms with E-state index in [1.807, 2.05) is 6.07 Å². The number of nitriles is 1. The van der Waals surface area contributed by atoms with Crippen LogP contribution in [-0.4, -0.2) is 13.1 Å². The van der Waals surface area contributed by atoms with Crippen LogP contribution in [-0.2, 0) is 4.74 Å². The van der Waals surface area contributed by atoms with Crippen LogP contribution >= 0.6 is 27.5 Å². The number of carbonyl (C=O) groups is 1. The number of benzene rings is 1. The van der Waals surface area contributed by atoms with Gasteiger partial charge in [0, 0.05) is 4.47 Å². The number of halogens is 2. The molecule has 1 rings (SSSR count). The molecule has 1 aromatic rings. The normalized spacial score (nSPS) is 9.29. The molecule has 0 atom stereocenters. The van der Waals surface area contributed by atoms with Crippen LogP contribution in [0, 0.1) is 11.3 Å². The van der Waals surface area contributed by atoms with Crippen molar-refractivity contribution < 1.29 is 9.53 Å². The second-order valence-corrected chi connectivity index (χ2v) is 3.62. The van der Waals surface area contributed by atoms with Crippen LogP contribution in [0.4, 0.5) is 0 Å². The van der Waals surface area contributed by atoms with Gasteiger partial charge < -0.3 is 4.74 Å². The zero-order valence-electron chi connectivity index (χ0n) is 7.17. The van der Waals surface area contributed by atoms with Gasteiger partial charge in [0.15, 0.2) is 0 Å². The van der Waals surface area contributed by atoms with E-state index in [0.29, 0.717) is 4.47 Å². The van der Waals surface area contributed by atoms with E-state index in [4.69, 9.17) is 16.9 Å². The molecule has 0 fully saturated rings. The van der Waals surface area contributed by atoms with Crippen molar-refractivity contribution in [2.45, 2.75) is 0 Å². The summed E-state index contributed by atoms with van der Waals surface area (Å²) in [6.07, 6.45) is 0. The van der Waals surface area contributed by atoms with E-state index < -0.39 is 5.97 Å². The fourth-order valence-electron chi connectivity index (χ4n) is 0.923. The van der Waals surface area contributed by atoms with Crippen LogP contribution in [0.5, 0.6) is 0 Å². The lowest BCUT2D eigenvalue weighted by atomic mass is 10.1. The quantitative estimate of drug-likeness (QED) is 0.740. The van der Waals surface area contributed by atoms with Crippen molar-refractivity contribution in [1.82, 2.24) is 0 Å². The maximum Gasteiger partial charge on any atom is 0.339 e. The third-order valence-corrected chi connectivity index (χ3v) is 2.66. The van der Waals surface area contributed by atoms with E-state index in [-0.39, 0.29) is 16.1 Å². The second kappa shape index (κ2) is 4.45. The Morgan fingerprint density at radius 3 is 2.79 bits per heavy atom. The van der Waals surface area contributed by atoms with Crippen molar-refractivity contribution >= 4 is 33.5 Å². The predicted molar refractivity (Wildman–Crippen MR) is 55.2 cm³/mol. The van der Waals surface area contributed by atoms with E-state index >= 15 is 0 Å². The molecule has 72 valence electrons. The molecule has 0 radical (unpaired) electrons. The largest absolute Gasteiger partial charge is 0.465 e. The Kier molecular flexibility index (Phi) is 3.50. The molecule has 0 spiro atoms. The Morgan fingerprint density at radius 2 is 2.29 bits per heavy atom. The van der Waals surface area contributed by atoms with Crippen LogP contribution < -0.4 is 0 Å². The number of methoxy groups -OCH3 is 1. The maximum absolute atomic E-state index is 11.2. The van der Waals surface area contributed by atoms with Crippen molar-refractivity contribution in [2.75, 3.05) is 7.11 Å². The van der Waals surface area contributed by atoms with Crippen LogP contribution in [0.25, 0.3) is 0 Å². The molecule has 3 nitrogen and oxygen atoms in total. The van der Waals surface area contributed by atoms with Gasteiger partial charge in [-0.05, 0) is 28.1 Å². The molecular weight excluding hydrogens is 269 g/mol. The molecule has 0 amide bonds. The van der Waals surface area contributed by atoms with E-state index in [9.17, 15) is 4.79 Å². The SMILES string of the molecule is COC(=O)c1ccc(Br)c(C#N)c1Cl. The third kappa shape index (κ3) is 1.89. The van der Waals surface area contributed by atoms with Crippen LogP contribution in [0.1, 0.15) is 15.9 Å². The highest BCUT2D eigenvalue weighted by atomic mass is 79.9. The molecular formula is C9H5BrClNO2. The Balaban J connectivity index is 3.37. The highest BCUT2D eigenvalue weighted by molar-refractivity contribution is 9.10. The van der Waals surface area contributed by atoms with Crippen molar-refractivity contribution in [3.63, 3.8) is 0 Å². The minimum Gasteiger partial charge on any atom is -0.465 e. The number of hydrogen-bond acceptors (Lipinski definition) is 3. The summed E-state index contributed by atoms with van der Waals surface area (Å²) in [5, 5.41) is 8.87. The summed E-state index contributed by atoms with van der Waals surface area (Å²) >= 11 is 8.99. The number of carbonyl (C=O) groups excluding carboxylic acids is 1. The van der Waals surface area contributed by atoms with Gasteiger partial charge in [-0.2, -0.15) is 5.26 Å². The summed E-state index contributed by atoms with van der Waals surface area (Å²) in [5.74, 6) is -0.556. The van der Waals surface area contributed by atoms with E-state index in [0.717, 1.165) is 0 Å². The number of rotatable bonds is 1. The summed E-state index contributed by atoms with van der Waals surface area (Å²) in [5.41, 5.74) is 0.420. The zero-order valence-corrected chi connectivity index (χ0v) is 9.52. The number of ether oxygens (including phenoxy) is 1. The lowest BCUT2D eigenvalue weighted by Gasteiger charge is -2.04. The fraction of sp³-hybridized carbons (Fsp3) is 0.111. The minimum absolute atomic E-state index is 0.105. The van der Waals surface area contributed by atoms with E-state index in [1.165, 1.54) is 13.2 Å². The van der Waals surface area contributed by atoms with Crippen molar-refractivity contribution in [2.24, 2.45) is 0 Å². The summed E-state index contributed by atoms with van der Waals surface area (Å²) < 4.78 is 5.06. The van der Waals surface area contributed by atoms with Gasteiger partial charge in [0.1, 0.15) is 6.07 Å². The molecule has 0 aliphatic carbocycles.